The normalized spacial score (nSPS) is 39.6. The second-order valence-electron chi connectivity index (χ2n) is 17.4. The molecule has 1 N–H and O–H groups in total. The Bertz CT molecular complexity index is 1530. The number of ketones is 2. The molecule has 7 atom stereocenters. The summed E-state index contributed by atoms with van der Waals surface area (Å²) in [5.41, 5.74) is 0.992. The van der Waals surface area contributed by atoms with Crippen molar-refractivity contribution in [3.63, 3.8) is 0 Å². The summed E-state index contributed by atoms with van der Waals surface area (Å²) in [5, 5.41) is 13.1. The Kier molecular flexibility index (Phi) is 7.47. The van der Waals surface area contributed by atoms with Crippen molar-refractivity contribution in [2.75, 3.05) is 0 Å². The van der Waals surface area contributed by atoms with Gasteiger partial charge in [-0.1, -0.05) is 90.4 Å². The first-order valence-electron chi connectivity index (χ1n) is 17.3. The number of nitrogens with one attached hydrogen (secondary N) is 1. The zero-order valence-electron chi connectivity index (χ0n) is 28.5. The highest BCUT2D eigenvalue weighted by molar-refractivity contribution is 6.04. The van der Waals surface area contributed by atoms with E-state index in [1.54, 1.807) is 0 Å². The molecular formula is C40H52N2O3. The van der Waals surface area contributed by atoms with Gasteiger partial charge in [0.2, 0.25) is 5.91 Å². The van der Waals surface area contributed by atoms with Crippen LogP contribution in [0.4, 0.5) is 0 Å². The van der Waals surface area contributed by atoms with Gasteiger partial charge in [0.25, 0.3) is 0 Å². The fraction of sp³-hybridized carbons (Fsp3) is 0.650. The lowest BCUT2D eigenvalue weighted by Crippen LogP contribution is -2.64. The summed E-state index contributed by atoms with van der Waals surface area (Å²) < 4.78 is 0. The van der Waals surface area contributed by atoms with Crippen LogP contribution in [0.2, 0.25) is 0 Å². The van der Waals surface area contributed by atoms with Gasteiger partial charge in [0.1, 0.15) is 6.07 Å². The molecule has 1 aromatic carbocycles. The van der Waals surface area contributed by atoms with Crippen LogP contribution in [0.1, 0.15) is 112 Å². The van der Waals surface area contributed by atoms with Gasteiger partial charge in [-0.3, -0.25) is 14.4 Å². The van der Waals surface area contributed by atoms with Crippen molar-refractivity contribution in [1.82, 2.24) is 5.32 Å². The molecule has 0 aromatic heterocycles. The number of nitrogens with zero attached hydrogens (tertiary/aromatic N) is 1. The molecule has 1 amide bonds. The number of allylic oxidation sites excluding steroid dienone is 4. The number of carbonyl (C=O) groups excluding carboxylic acids is 3. The lowest BCUT2D eigenvalue weighted by Gasteiger charge is -2.69. The molecule has 0 saturated heterocycles. The van der Waals surface area contributed by atoms with E-state index < -0.39 is 10.8 Å². The van der Waals surface area contributed by atoms with Crippen LogP contribution in [-0.4, -0.2) is 17.5 Å². The van der Waals surface area contributed by atoms with Crippen molar-refractivity contribution in [3.8, 4) is 6.07 Å². The first-order valence-corrected chi connectivity index (χ1v) is 17.3. The van der Waals surface area contributed by atoms with Crippen LogP contribution >= 0.6 is 0 Å². The molecule has 45 heavy (non-hydrogen) atoms. The van der Waals surface area contributed by atoms with Crippen molar-refractivity contribution in [2.24, 2.45) is 50.2 Å². The average molecular weight is 609 g/mol. The summed E-state index contributed by atoms with van der Waals surface area (Å²) in [7, 11) is 0. The Morgan fingerprint density at radius 1 is 0.956 bits per heavy atom. The lowest BCUT2D eigenvalue weighted by molar-refractivity contribution is -0.173. The van der Waals surface area contributed by atoms with E-state index in [1.165, 1.54) is 0 Å². The highest BCUT2D eigenvalue weighted by atomic mass is 16.1. The molecule has 3 unspecified atom stereocenters. The Balaban J connectivity index is 1.35. The molecular weight excluding hydrogens is 556 g/mol. The van der Waals surface area contributed by atoms with Crippen molar-refractivity contribution in [1.29, 1.82) is 5.26 Å². The molecule has 5 aliphatic carbocycles. The lowest BCUT2D eigenvalue weighted by atomic mass is 9.34. The van der Waals surface area contributed by atoms with Crippen molar-refractivity contribution >= 4 is 17.5 Å². The molecule has 240 valence electrons. The quantitative estimate of drug-likeness (QED) is 0.364. The number of Topliss-reactive ketones (excluding diaryl/α,β-unsaturated/α-hetero) is 1. The smallest absolute Gasteiger partial charge is 0.220 e. The van der Waals surface area contributed by atoms with Crippen LogP contribution in [0.3, 0.4) is 0 Å². The van der Waals surface area contributed by atoms with Gasteiger partial charge in [-0.15, -0.1) is 0 Å². The topological polar surface area (TPSA) is 87.0 Å². The Hall–Kier alpha value is -3.00. The third-order valence-corrected chi connectivity index (χ3v) is 14.2. The Labute approximate surface area is 270 Å². The second kappa shape index (κ2) is 10.5. The summed E-state index contributed by atoms with van der Waals surface area (Å²) in [6.45, 7) is 16.2. The van der Waals surface area contributed by atoms with Gasteiger partial charge >= 0.3 is 0 Å². The van der Waals surface area contributed by atoms with Crippen LogP contribution in [0.5, 0.6) is 0 Å². The number of nitriles is 1. The summed E-state index contributed by atoms with van der Waals surface area (Å²) >= 11 is 0. The van der Waals surface area contributed by atoms with E-state index in [-0.39, 0.29) is 62.5 Å². The third-order valence-electron chi connectivity index (χ3n) is 14.2. The average Bonchev–Trinajstić information content (AvgIpc) is 2.99. The van der Waals surface area contributed by atoms with Crippen molar-refractivity contribution in [2.45, 2.75) is 113 Å². The van der Waals surface area contributed by atoms with E-state index in [9.17, 15) is 19.6 Å². The van der Waals surface area contributed by atoms with Gasteiger partial charge in [0, 0.05) is 29.7 Å². The monoisotopic (exact) mass is 608 g/mol. The molecule has 6 rings (SSSR count). The maximum absolute atomic E-state index is 14.7. The minimum absolute atomic E-state index is 0.0185. The number of hydrogen-bond donors (Lipinski definition) is 1. The molecule has 5 aliphatic rings. The van der Waals surface area contributed by atoms with E-state index in [0.717, 1.165) is 62.5 Å². The van der Waals surface area contributed by atoms with Gasteiger partial charge in [-0.25, -0.2) is 0 Å². The minimum Gasteiger partial charge on any atom is -0.352 e. The second-order valence-corrected chi connectivity index (χ2v) is 17.4. The van der Waals surface area contributed by atoms with Crippen molar-refractivity contribution in [3.05, 3.63) is 59.2 Å². The standard InChI is InChI=1S/C40H52N2O3/c1-35(2)17-19-40(16-14-32(44)42-25-26-11-9-8-10-12-26)20-18-39(7)33(28(40)23-35)29(43)21-31-37(5)22-27(24-41)34(45)36(3,4)30(37)13-15-38(31,39)6/h8-12,21-22,28,30,33H,13-20,23,25H2,1-7H3,(H,42,44)/t28?,30?,33?,37-,38+,39+,40+/m0/s1. The van der Waals surface area contributed by atoms with Crippen LogP contribution in [0.25, 0.3) is 0 Å². The van der Waals surface area contributed by atoms with E-state index in [4.69, 9.17) is 0 Å². The molecule has 0 bridgehead atoms. The number of hydrogen-bond acceptors (Lipinski definition) is 4. The molecule has 0 spiro atoms. The SMILES string of the molecule is CC1(C)CC[C@]2(CCC(=O)NCc3ccccc3)CC[C@]3(C)C(C(=O)C=C4[C@@]5(C)C=C(C#N)C(=O)C(C)(C)C5CC[C@]43C)C2C1. The zero-order chi connectivity index (χ0) is 32.6. The maximum atomic E-state index is 14.7. The summed E-state index contributed by atoms with van der Waals surface area (Å²) in [6.07, 6.45) is 12.2. The van der Waals surface area contributed by atoms with E-state index in [2.05, 4.69) is 46.0 Å². The fourth-order valence-corrected chi connectivity index (χ4v) is 11.4. The highest BCUT2D eigenvalue weighted by Crippen LogP contribution is 2.75. The van der Waals surface area contributed by atoms with Crippen molar-refractivity contribution < 1.29 is 14.4 Å². The molecule has 0 heterocycles. The predicted octanol–water partition coefficient (Wildman–Crippen LogP) is 8.30. The molecule has 3 saturated carbocycles. The number of amides is 1. The largest absolute Gasteiger partial charge is 0.352 e. The number of rotatable bonds is 5. The number of benzene rings is 1. The van der Waals surface area contributed by atoms with Gasteiger partial charge in [-0.05, 0) is 96.5 Å². The van der Waals surface area contributed by atoms with E-state index in [0.29, 0.717) is 13.0 Å². The van der Waals surface area contributed by atoms with Crippen LogP contribution in [0, 0.1) is 61.6 Å². The van der Waals surface area contributed by atoms with Gasteiger partial charge in [0.15, 0.2) is 11.6 Å². The molecule has 1 aromatic rings. The van der Waals surface area contributed by atoms with E-state index in [1.807, 2.05) is 56.3 Å². The first-order chi connectivity index (χ1) is 21.0. The summed E-state index contributed by atoms with van der Waals surface area (Å²) in [5.74, 6) is 0.438. The van der Waals surface area contributed by atoms with Gasteiger partial charge < -0.3 is 5.32 Å². The van der Waals surface area contributed by atoms with Crippen LogP contribution in [-0.2, 0) is 20.9 Å². The number of fused-ring (bicyclic) bond motifs is 7. The molecule has 3 fully saturated rings. The summed E-state index contributed by atoms with van der Waals surface area (Å²) in [6, 6.07) is 12.3. The predicted molar refractivity (Wildman–Crippen MR) is 176 cm³/mol. The van der Waals surface area contributed by atoms with Gasteiger partial charge in [-0.2, -0.15) is 5.26 Å². The molecule has 5 nitrogen and oxygen atoms in total. The maximum Gasteiger partial charge on any atom is 0.220 e. The summed E-state index contributed by atoms with van der Waals surface area (Å²) in [4.78, 5) is 41.2. The number of carbonyl (C=O) groups is 3. The molecule has 5 heteroatoms. The fourth-order valence-electron chi connectivity index (χ4n) is 11.4. The minimum atomic E-state index is -0.659. The highest BCUT2D eigenvalue weighted by Gasteiger charge is 2.69. The zero-order valence-corrected chi connectivity index (χ0v) is 28.5. The van der Waals surface area contributed by atoms with Crippen LogP contribution < -0.4 is 5.32 Å². The molecule has 0 aliphatic heterocycles. The first kappa shape index (κ1) is 32.0. The molecule has 0 radical (unpaired) electrons. The third kappa shape index (κ3) is 4.72. The van der Waals surface area contributed by atoms with Crippen LogP contribution in [0.15, 0.2) is 53.6 Å². The van der Waals surface area contributed by atoms with E-state index >= 15 is 0 Å². The Morgan fingerprint density at radius 2 is 1.64 bits per heavy atom. The Morgan fingerprint density at radius 3 is 2.33 bits per heavy atom. The van der Waals surface area contributed by atoms with Gasteiger partial charge in [0.05, 0.1) is 5.57 Å².